The number of hydrogen-bond acceptors (Lipinski definition) is 6. The summed E-state index contributed by atoms with van der Waals surface area (Å²) in [6.07, 6.45) is -0.922. The number of nitrogens with two attached hydrogens (primary N) is 1. The number of benzene rings is 2. The van der Waals surface area contributed by atoms with Gasteiger partial charge in [0, 0.05) is 17.5 Å². The first-order chi connectivity index (χ1) is 13.0. The molecule has 1 heterocycles. The van der Waals surface area contributed by atoms with Crippen LogP contribution in [-0.4, -0.2) is 22.1 Å². The number of ether oxygens (including phenoxy) is 1. The highest BCUT2D eigenvalue weighted by Crippen LogP contribution is 2.20. The van der Waals surface area contributed by atoms with E-state index in [9.17, 15) is 9.59 Å². The van der Waals surface area contributed by atoms with Gasteiger partial charge < -0.3 is 14.9 Å². The molecule has 3 rings (SSSR count). The predicted octanol–water partition coefficient (Wildman–Crippen LogP) is 2.75. The Morgan fingerprint density at radius 1 is 1.07 bits per heavy atom. The number of primary amides is 1. The van der Waals surface area contributed by atoms with E-state index >= 15 is 0 Å². The third-order valence-corrected chi connectivity index (χ3v) is 3.92. The highest BCUT2D eigenvalue weighted by atomic mass is 16.5. The smallest absolute Gasteiger partial charge is 0.307 e. The fourth-order valence-corrected chi connectivity index (χ4v) is 2.49. The van der Waals surface area contributed by atoms with Gasteiger partial charge in [0.25, 0.3) is 5.91 Å². The Kier molecular flexibility index (Phi) is 5.61. The minimum atomic E-state index is -1.12. The van der Waals surface area contributed by atoms with Crippen LogP contribution in [-0.2, 0) is 20.7 Å². The predicted molar refractivity (Wildman–Crippen MR) is 97.3 cm³/mol. The minimum Gasteiger partial charge on any atom is -0.447 e. The molecule has 0 fully saturated rings. The Bertz CT molecular complexity index is 920. The Balaban J connectivity index is 1.59. The van der Waals surface area contributed by atoms with E-state index in [1.54, 1.807) is 30.3 Å². The van der Waals surface area contributed by atoms with Crippen molar-refractivity contribution in [2.75, 3.05) is 0 Å². The molecule has 138 valence electrons. The Hall–Kier alpha value is -3.48. The molecule has 0 saturated heterocycles. The number of carbonyl (C=O) groups is 2. The van der Waals surface area contributed by atoms with Gasteiger partial charge in [-0.2, -0.15) is 0 Å². The number of carbonyl (C=O) groups excluding carboxylic acids is 2. The lowest BCUT2D eigenvalue weighted by Gasteiger charge is -2.14. The highest BCUT2D eigenvalue weighted by molar-refractivity contribution is 5.83. The second kappa shape index (κ2) is 8.27. The second-order valence-electron chi connectivity index (χ2n) is 6.05. The summed E-state index contributed by atoms with van der Waals surface area (Å²) in [6, 6.07) is 16.3. The molecule has 0 aliphatic rings. The van der Waals surface area contributed by atoms with E-state index in [4.69, 9.17) is 14.9 Å². The van der Waals surface area contributed by atoms with Crippen molar-refractivity contribution in [3.63, 3.8) is 0 Å². The van der Waals surface area contributed by atoms with Gasteiger partial charge in [0.2, 0.25) is 17.9 Å². The Morgan fingerprint density at radius 3 is 2.44 bits per heavy atom. The van der Waals surface area contributed by atoms with Crippen molar-refractivity contribution in [3.05, 3.63) is 71.6 Å². The molecule has 0 radical (unpaired) electrons. The van der Waals surface area contributed by atoms with Gasteiger partial charge in [-0.05, 0) is 19.1 Å². The maximum atomic E-state index is 12.1. The maximum absolute atomic E-state index is 12.1. The van der Waals surface area contributed by atoms with Gasteiger partial charge in [0.15, 0.2) is 0 Å². The van der Waals surface area contributed by atoms with Gasteiger partial charge in [0.05, 0.1) is 6.42 Å². The molecule has 1 unspecified atom stereocenters. The maximum Gasteiger partial charge on any atom is 0.307 e. The molecule has 1 aromatic heterocycles. The van der Waals surface area contributed by atoms with Crippen LogP contribution in [0.3, 0.4) is 0 Å². The standard InChI is InChI=1S/C20H19N3O4/c1-13-7-9-15(10-8-13)20-23-22-16(26-20)11-12-17(24)27-18(19(21)25)14-5-3-2-4-6-14/h2-10,18H,11-12H2,1H3,(H2,21,25). The van der Waals surface area contributed by atoms with Gasteiger partial charge in [-0.25, -0.2) is 0 Å². The molecule has 7 nitrogen and oxygen atoms in total. The van der Waals surface area contributed by atoms with Crippen molar-refractivity contribution in [2.24, 2.45) is 5.73 Å². The van der Waals surface area contributed by atoms with E-state index < -0.39 is 18.0 Å². The molecule has 0 bridgehead atoms. The van der Waals surface area contributed by atoms with E-state index in [2.05, 4.69) is 10.2 Å². The van der Waals surface area contributed by atoms with Crippen molar-refractivity contribution < 1.29 is 18.7 Å². The topological polar surface area (TPSA) is 108 Å². The van der Waals surface area contributed by atoms with Crippen LogP contribution in [0.4, 0.5) is 0 Å². The van der Waals surface area contributed by atoms with Crippen LogP contribution in [0.15, 0.2) is 59.0 Å². The third kappa shape index (κ3) is 4.78. The molecule has 0 aliphatic carbocycles. The minimum absolute atomic E-state index is 0.00779. The normalized spacial score (nSPS) is 11.7. The van der Waals surface area contributed by atoms with Crippen molar-refractivity contribution in [2.45, 2.75) is 25.9 Å². The zero-order chi connectivity index (χ0) is 19.2. The molecular formula is C20H19N3O4. The molecule has 27 heavy (non-hydrogen) atoms. The lowest BCUT2D eigenvalue weighted by Crippen LogP contribution is -2.26. The quantitative estimate of drug-likeness (QED) is 0.645. The molecule has 7 heteroatoms. The lowest BCUT2D eigenvalue weighted by molar-refractivity contribution is -0.155. The zero-order valence-electron chi connectivity index (χ0n) is 14.8. The SMILES string of the molecule is Cc1ccc(-c2nnc(CCC(=O)OC(C(N)=O)c3ccccc3)o2)cc1. The fraction of sp³-hybridized carbons (Fsp3) is 0.200. The van der Waals surface area contributed by atoms with Crippen LogP contribution in [0.5, 0.6) is 0 Å². The Labute approximate surface area is 156 Å². The number of rotatable bonds is 7. The summed E-state index contributed by atoms with van der Waals surface area (Å²) < 4.78 is 10.8. The summed E-state index contributed by atoms with van der Waals surface area (Å²) in [5.74, 6) is -0.595. The van der Waals surface area contributed by atoms with Crippen molar-refractivity contribution in [1.29, 1.82) is 0 Å². The van der Waals surface area contributed by atoms with E-state index in [1.165, 1.54) is 0 Å². The first-order valence-electron chi connectivity index (χ1n) is 8.46. The molecule has 0 aliphatic heterocycles. The largest absolute Gasteiger partial charge is 0.447 e. The number of esters is 1. The van der Waals surface area contributed by atoms with Crippen molar-refractivity contribution in [3.8, 4) is 11.5 Å². The van der Waals surface area contributed by atoms with Crippen LogP contribution >= 0.6 is 0 Å². The van der Waals surface area contributed by atoms with E-state index in [0.717, 1.165) is 11.1 Å². The average Bonchev–Trinajstić information content (AvgIpc) is 3.14. The molecular weight excluding hydrogens is 346 g/mol. The van der Waals surface area contributed by atoms with E-state index in [-0.39, 0.29) is 12.8 Å². The van der Waals surface area contributed by atoms with Crippen LogP contribution in [0.25, 0.3) is 11.5 Å². The van der Waals surface area contributed by atoms with Crippen LogP contribution < -0.4 is 5.73 Å². The number of amides is 1. The molecule has 2 aromatic carbocycles. The van der Waals surface area contributed by atoms with E-state index in [0.29, 0.717) is 17.3 Å². The van der Waals surface area contributed by atoms with Crippen molar-refractivity contribution >= 4 is 11.9 Å². The van der Waals surface area contributed by atoms with Gasteiger partial charge in [-0.1, -0.05) is 48.0 Å². The first kappa shape index (κ1) is 18.3. The molecule has 0 saturated carbocycles. The van der Waals surface area contributed by atoms with Gasteiger partial charge >= 0.3 is 5.97 Å². The monoisotopic (exact) mass is 365 g/mol. The van der Waals surface area contributed by atoms with Crippen LogP contribution in [0.2, 0.25) is 0 Å². The summed E-state index contributed by atoms with van der Waals surface area (Å²) in [7, 11) is 0. The van der Waals surface area contributed by atoms with Gasteiger partial charge in [-0.3, -0.25) is 9.59 Å². The molecule has 1 atom stereocenters. The molecule has 3 aromatic rings. The first-order valence-corrected chi connectivity index (χ1v) is 8.46. The third-order valence-electron chi connectivity index (χ3n) is 3.92. The van der Waals surface area contributed by atoms with Gasteiger partial charge in [-0.15, -0.1) is 10.2 Å². The summed E-state index contributed by atoms with van der Waals surface area (Å²) in [5, 5.41) is 7.93. The zero-order valence-corrected chi connectivity index (χ0v) is 14.8. The summed E-state index contributed by atoms with van der Waals surface area (Å²) in [4.78, 5) is 23.7. The fourth-order valence-electron chi connectivity index (χ4n) is 2.49. The summed E-state index contributed by atoms with van der Waals surface area (Å²) in [6.45, 7) is 1.99. The molecule has 2 N–H and O–H groups in total. The van der Waals surface area contributed by atoms with Gasteiger partial charge in [0.1, 0.15) is 0 Å². The number of aryl methyl sites for hydroxylation is 2. The molecule has 1 amide bonds. The van der Waals surface area contributed by atoms with Crippen molar-refractivity contribution in [1.82, 2.24) is 10.2 Å². The number of nitrogens with zero attached hydrogens (tertiary/aromatic N) is 2. The van der Waals surface area contributed by atoms with Crippen LogP contribution in [0.1, 0.15) is 29.5 Å². The summed E-state index contributed by atoms with van der Waals surface area (Å²) in [5.41, 5.74) is 7.81. The highest BCUT2D eigenvalue weighted by Gasteiger charge is 2.22. The summed E-state index contributed by atoms with van der Waals surface area (Å²) >= 11 is 0. The Morgan fingerprint density at radius 2 is 1.78 bits per heavy atom. The molecule has 0 spiro atoms. The van der Waals surface area contributed by atoms with Crippen LogP contribution in [0, 0.1) is 6.92 Å². The second-order valence-corrected chi connectivity index (χ2v) is 6.05. The lowest BCUT2D eigenvalue weighted by atomic mass is 10.1. The number of hydrogen-bond donors (Lipinski definition) is 1. The number of aromatic nitrogens is 2. The average molecular weight is 365 g/mol. The van der Waals surface area contributed by atoms with E-state index in [1.807, 2.05) is 31.2 Å².